The lowest BCUT2D eigenvalue weighted by molar-refractivity contribution is -0.135. The van der Waals surface area contributed by atoms with Gasteiger partial charge < -0.3 is 19.8 Å². The van der Waals surface area contributed by atoms with Gasteiger partial charge in [0.05, 0.1) is 13.7 Å². The molecular weight excluding hydrogens is 541 g/mol. The number of hydrogen-bond donors (Lipinski definition) is 2. The Labute approximate surface area is 231 Å². The number of methoxy groups -OCH3 is 1. The first-order valence-corrected chi connectivity index (χ1v) is 14.4. The van der Waals surface area contributed by atoms with Crippen molar-refractivity contribution >= 4 is 38.6 Å². The lowest BCUT2D eigenvalue weighted by Gasteiger charge is -2.33. The Morgan fingerprint density at radius 3 is 2.65 bits per heavy atom. The molecule has 2 aromatic carbocycles. The van der Waals surface area contributed by atoms with Crippen molar-refractivity contribution in [2.75, 3.05) is 20.2 Å². The number of hydrogen-bond acceptors (Lipinski definition) is 8. The van der Waals surface area contributed by atoms with Gasteiger partial charge in [-0.1, -0.05) is 26.0 Å². The van der Waals surface area contributed by atoms with Gasteiger partial charge in [-0.2, -0.15) is 0 Å². The van der Waals surface area contributed by atoms with Gasteiger partial charge in [-0.3, -0.25) is 14.4 Å². The van der Waals surface area contributed by atoms with Crippen molar-refractivity contribution in [2.45, 2.75) is 50.1 Å². The average molecular weight is 574 g/mol. The number of Topliss-reactive ketones (excluding diaryl/α,β-unsaturated/α-hetero) is 1. The molecule has 0 aliphatic carbocycles. The van der Waals surface area contributed by atoms with Gasteiger partial charge in [-0.25, -0.2) is 17.1 Å². The number of rotatable bonds is 9. The zero-order valence-electron chi connectivity index (χ0n) is 22.5. The van der Waals surface area contributed by atoms with Gasteiger partial charge in [0.1, 0.15) is 34.1 Å². The standard InChI is InChI=1S/C28H32FN3O7S/c1-17(2)13-21(31-27(34)25-15-18-14-19(38-3)10-11-24(18)39-25)28(35)32(22-8-6-12-30-16-23(22)33)40(36,37)26-9-5-4-7-20(26)29/h4-5,7,9-11,14-15,17,21-22,30H,6,8,12-13,16H2,1-3H3,(H,31,34)/t21?,22-/m0/s1. The van der Waals surface area contributed by atoms with Crippen molar-refractivity contribution in [2.24, 2.45) is 5.92 Å². The second kappa shape index (κ2) is 12.2. The summed E-state index contributed by atoms with van der Waals surface area (Å²) in [6.07, 6.45) is 0.525. The first-order chi connectivity index (χ1) is 19.0. The maximum Gasteiger partial charge on any atom is 0.287 e. The molecule has 1 fully saturated rings. The van der Waals surface area contributed by atoms with Crippen LogP contribution in [0.25, 0.3) is 11.0 Å². The summed E-state index contributed by atoms with van der Waals surface area (Å²) in [7, 11) is -3.31. The minimum absolute atomic E-state index is 0.0546. The summed E-state index contributed by atoms with van der Waals surface area (Å²) in [4.78, 5) is 39.7. The van der Waals surface area contributed by atoms with Gasteiger partial charge in [0.25, 0.3) is 21.8 Å². The molecular formula is C28H32FN3O7S. The summed E-state index contributed by atoms with van der Waals surface area (Å²) >= 11 is 0. The van der Waals surface area contributed by atoms with Gasteiger partial charge in [0.15, 0.2) is 11.5 Å². The fraction of sp³-hybridized carbons (Fsp3) is 0.393. The third-order valence-corrected chi connectivity index (χ3v) is 8.47. The number of nitrogens with zero attached hydrogens (tertiary/aromatic N) is 1. The van der Waals surface area contributed by atoms with Crippen molar-refractivity contribution in [3.63, 3.8) is 0 Å². The first kappa shape index (κ1) is 29.2. The number of carbonyl (C=O) groups excluding carboxylic acids is 3. The van der Waals surface area contributed by atoms with Gasteiger partial charge in [-0.15, -0.1) is 0 Å². The van der Waals surface area contributed by atoms with Crippen LogP contribution in [0.4, 0.5) is 4.39 Å². The molecule has 12 heteroatoms. The number of carbonyl (C=O) groups is 3. The van der Waals surface area contributed by atoms with E-state index in [0.29, 0.717) is 34.0 Å². The minimum atomic E-state index is -4.82. The van der Waals surface area contributed by atoms with Crippen LogP contribution in [0.1, 0.15) is 43.7 Å². The molecule has 10 nitrogen and oxygen atoms in total. The quantitative estimate of drug-likeness (QED) is 0.398. The van der Waals surface area contributed by atoms with Crippen LogP contribution in [0.2, 0.25) is 0 Å². The predicted molar refractivity (Wildman–Crippen MR) is 145 cm³/mol. The van der Waals surface area contributed by atoms with E-state index in [1.165, 1.54) is 25.3 Å². The maximum absolute atomic E-state index is 14.7. The second-order valence-electron chi connectivity index (χ2n) is 10.0. The number of halogens is 1. The lowest BCUT2D eigenvalue weighted by Crippen LogP contribution is -2.56. The van der Waals surface area contributed by atoms with Crippen LogP contribution in [-0.4, -0.2) is 62.6 Å². The average Bonchev–Trinajstić information content (AvgIpc) is 3.24. The molecule has 2 heterocycles. The third-order valence-electron chi connectivity index (χ3n) is 6.63. The van der Waals surface area contributed by atoms with E-state index in [-0.39, 0.29) is 31.1 Å². The molecule has 4 rings (SSSR count). The maximum atomic E-state index is 14.7. The monoisotopic (exact) mass is 573 g/mol. The van der Waals surface area contributed by atoms with Gasteiger partial charge in [0.2, 0.25) is 0 Å². The third kappa shape index (κ3) is 6.18. The molecule has 1 saturated heterocycles. The first-order valence-electron chi connectivity index (χ1n) is 13.0. The zero-order valence-corrected chi connectivity index (χ0v) is 23.3. The summed E-state index contributed by atoms with van der Waals surface area (Å²) in [5, 5.41) is 6.11. The van der Waals surface area contributed by atoms with E-state index in [4.69, 9.17) is 9.15 Å². The fourth-order valence-corrected chi connectivity index (χ4v) is 6.39. The largest absolute Gasteiger partial charge is 0.497 e. The van der Waals surface area contributed by atoms with Crippen molar-refractivity contribution in [3.8, 4) is 5.75 Å². The van der Waals surface area contributed by atoms with Crippen molar-refractivity contribution in [1.82, 2.24) is 14.9 Å². The van der Waals surface area contributed by atoms with Crippen molar-refractivity contribution < 1.29 is 36.3 Å². The number of sulfonamides is 1. The van der Waals surface area contributed by atoms with Crippen LogP contribution in [0.5, 0.6) is 5.75 Å². The van der Waals surface area contributed by atoms with E-state index in [1.807, 2.05) is 0 Å². The van der Waals surface area contributed by atoms with Crippen molar-refractivity contribution in [1.29, 1.82) is 0 Å². The van der Waals surface area contributed by atoms with E-state index < -0.39 is 50.4 Å². The normalized spacial score (nSPS) is 16.9. The number of nitrogens with one attached hydrogen (secondary N) is 2. The number of furan rings is 1. The molecule has 214 valence electrons. The molecule has 0 saturated carbocycles. The summed E-state index contributed by atoms with van der Waals surface area (Å²) in [5.41, 5.74) is 0.415. The van der Waals surface area contributed by atoms with Crippen LogP contribution >= 0.6 is 0 Å². The van der Waals surface area contributed by atoms with E-state index in [0.717, 1.165) is 12.1 Å². The van der Waals surface area contributed by atoms with E-state index in [2.05, 4.69) is 10.6 Å². The van der Waals surface area contributed by atoms with E-state index in [9.17, 15) is 27.2 Å². The number of fused-ring (bicyclic) bond motifs is 1. The molecule has 2 atom stereocenters. The molecule has 3 aromatic rings. The molecule has 2 N–H and O–H groups in total. The number of ether oxygens (including phenoxy) is 1. The summed E-state index contributed by atoms with van der Waals surface area (Å²) in [6, 6.07) is 8.43. The van der Waals surface area contributed by atoms with Crippen molar-refractivity contribution in [3.05, 3.63) is 60.1 Å². The van der Waals surface area contributed by atoms with Crippen LogP contribution in [-0.2, 0) is 19.6 Å². The predicted octanol–water partition coefficient (Wildman–Crippen LogP) is 3.26. The summed E-state index contributed by atoms with van der Waals surface area (Å²) in [6.45, 7) is 3.91. The van der Waals surface area contributed by atoms with Crippen LogP contribution < -0.4 is 15.4 Å². The Balaban J connectivity index is 1.73. The van der Waals surface area contributed by atoms with E-state index >= 15 is 0 Å². The molecule has 0 bridgehead atoms. The Morgan fingerprint density at radius 1 is 1.20 bits per heavy atom. The Kier molecular flexibility index (Phi) is 8.89. The SMILES string of the molecule is COc1ccc2oc(C(=O)NC(CC(C)C)C(=O)N([C@H]3CCCNCC3=O)S(=O)(=O)c3ccccc3F)cc2c1. The number of ketones is 1. The van der Waals surface area contributed by atoms with Gasteiger partial charge in [-0.05, 0) is 68.1 Å². The Bertz CT molecular complexity index is 1520. The number of benzene rings is 2. The number of amides is 2. The molecule has 0 spiro atoms. The molecule has 2 amide bonds. The Morgan fingerprint density at radius 2 is 1.95 bits per heavy atom. The molecule has 40 heavy (non-hydrogen) atoms. The zero-order chi connectivity index (χ0) is 29.0. The molecule has 1 aliphatic heterocycles. The Hall–Kier alpha value is -3.77. The fourth-order valence-electron chi connectivity index (χ4n) is 4.69. The van der Waals surface area contributed by atoms with Gasteiger partial charge >= 0.3 is 0 Å². The summed E-state index contributed by atoms with van der Waals surface area (Å²) < 4.78 is 53.7. The molecule has 1 aliphatic rings. The summed E-state index contributed by atoms with van der Waals surface area (Å²) in [5.74, 6) is -3.03. The highest BCUT2D eigenvalue weighted by atomic mass is 32.2. The van der Waals surface area contributed by atoms with Gasteiger partial charge in [0, 0.05) is 5.39 Å². The van der Waals surface area contributed by atoms with E-state index in [1.54, 1.807) is 32.0 Å². The molecule has 0 radical (unpaired) electrons. The minimum Gasteiger partial charge on any atom is -0.497 e. The highest BCUT2D eigenvalue weighted by Gasteiger charge is 2.43. The van der Waals surface area contributed by atoms with Crippen LogP contribution in [0.3, 0.4) is 0 Å². The van der Waals surface area contributed by atoms with Crippen LogP contribution in [0.15, 0.2) is 57.8 Å². The highest BCUT2D eigenvalue weighted by Crippen LogP contribution is 2.27. The molecule has 1 aromatic heterocycles. The topological polar surface area (TPSA) is 135 Å². The lowest BCUT2D eigenvalue weighted by atomic mass is 10.0. The molecule has 1 unspecified atom stereocenters. The second-order valence-corrected chi connectivity index (χ2v) is 11.8. The highest BCUT2D eigenvalue weighted by molar-refractivity contribution is 7.89. The van der Waals surface area contributed by atoms with Crippen LogP contribution in [0, 0.1) is 11.7 Å². The smallest absolute Gasteiger partial charge is 0.287 e.